The molecule has 0 aromatic heterocycles. The highest BCUT2D eigenvalue weighted by molar-refractivity contribution is 6.31. The van der Waals surface area contributed by atoms with Gasteiger partial charge < -0.3 is 55.6 Å². The Bertz CT molecular complexity index is 2800. The Labute approximate surface area is 526 Å². The van der Waals surface area contributed by atoms with E-state index in [9.17, 15) is 61.1 Å². The third-order valence-electron chi connectivity index (χ3n) is 19.5. The Morgan fingerprint density at radius 3 is 1.84 bits per heavy atom. The largest absolute Gasteiger partial charge is 0.417 e. The van der Waals surface area contributed by atoms with Crippen LogP contribution >= 0.6 is 11.6 Å². The van der Waals surface area contributed by atoms with E-state index in [1.54, 1.807) is 27.7 Å². The summed E-state index contributed by atoms with van der Waals surface area (Å²) in [6.45, 7) is 11.5. The summed E-state index contributed by atoms with van der Waals surface area (Å²) >= 11 is 6.12. The second kappa shape index (κ2) is 30.5. The van der Waals surface area contributed by atoms with Gasteiger partial charge in [0.05, 0.1) is 17.1 Å². The Hall–Kier alpha value is -6.53. The van der Waals surface area contributed by atoms with E-state index in [2.05, 4.69) is 21.3 Å². The molecule has 89 heavy (non-hydrogen) atoms. The zero-order valence-electron chi connectivity index (χ0n) is 53.9. The molecular formula is C63H95ClF3N11O11. The minimum atomic E-state index is -4.75. The van der Waals surface area contributed by atoms with Crippen molar-refractivity contribution in [3.8, 4) is 0 Å². The molecule has 2 aliphatic carbocycles. The van der Waals surface area contributed by atoms with Gasteiger partial charge in [0.1, 0.15) is 53.9 Å². The van der Waals surface area contributed by atoms with Crippen LogP contribution in [-0.4, -0.2) is 214 Å². The Balaban J connectivity index is 1.36. The highest BCUT2D eigenvalue weighted by Gasteiger charge is 2.50. The van der Waals surface area contributed by atoms with Crippen molar-refractivity contribution in [1.82, 2.24) is 55.6 Å². The summed E-state index contributed by atoms with van der Waals surface area (Å²) in [6, 6.07) is -6.84. The molecule has 1 spiro atoms. The summed E-state index contributed by atoms with van der Waals surface area (Å²) in [6.07, 6.45) is 2.14. The molecule has 3 aliphatic heterocycles. The van der Waals surface area contributed by atoms with Crippen molar-refractivity contribution in [1.29, 1.82) is 0 Å². The van der Waals surface area contributed by atoms with E-state index >= 15 is 4.79 Å². The first-order chi connectivity index (χ1) is 41.7. The Morgan fingerprint density at radius 1 is 0.640 bits per heavy atom. The summed E-state index contributed by atoms with van der Waals surface area (Å²) in [4.78, 5) is 168. The number of amides is 11. The van der Waals surface area contributed by atoms with Gasteiger partial charge in [-0.05, 0) is 108 Å². The maximum absolute atomic E-state index is 15.1. The van der Waals surface area contributed by atoms with Crippen LogP contribution in [0.15, 0.2) is 18.2 Å². The van der Waals surface area contributed by atoms with Gasteiger partial charge in [0.15, 0.2) is 0 Å². The van der Waals surface area contributed by atoms with Crippen LogP contribution in [0.3, 0.4) is 0 Å². The molecule has 0 bridgehead atoms. The smallest absolute Gasteiger partial charge is 0.351 e. The van der Waals surface area contributed by atoms with E-state index in [0.717, 1.165) is 44.2 Å². The number of benzene rings is 1. The van der Waals surface area contributed by atoms with Crippen molar-refractivity contribution in [3.05, 3.63) is 34.3 Å². The lowest BCUT2D eigenvalue weighted by Gasteiger charge is -2.44. The molecule has 5 fully saturated rings. The number of fused-ring (bicyclic) bond motifs is 2. The molecule has 10 atom stereocenters. The maximum Gasteiger partial charge on any atom is 0.417 e. The number of carbonyl (C=O) groups is 11. The molecule has 26 heteroatoms. The number of likely N-dealkylation sites (N-methyl/N-ethyl adjacent to an activating group) is 5. The second-order valence-corrected chi connectivity index (χ2v) is 26.5. The van der Waals surface area contributed by atoms with Crippen LogP contribution in [0.5, 0.6) is 0 Å². The van der Waals surface area contributed by atoms with E-state index in [1.807, 2.05) is 6.92 Å². The number of carbonyl (C=O) groups excluding carboxylic acids is 11. The molecule has 2 saturated carbocycles. The predicted octanol–water partition coefficient (Wildman–Crippen LogP) is 4.67. The van der Waals surface area contributed by atoms with Crippen LogP contribution in [0.25, 0.3) is 0 Å². The van der Waals surface area contributed by atoms with Crippen LogP contribution in [0.1, 0.15) is 162 Å². The summed E-state index contributed by atoms with van der Waals surface area (Å²) in [5.74, 6) is -7.53. The topological polar surface area (TPSA) is 259 Å². The molecular weight excluding hydrogens is 1180 g/mol. The minimum absolute atomic E-state index is 0.0316. The SMILES string of the molecule is CC[C@H](C)[C@@H]1NC(=O)[C@H](C)N(C)C(=O)C[C@@H](C)NC(=O)[C@H](C(C)C)N(C)C(=O)C2(CCCC2)NC(=O)[C@@H]2CCCN2C(=O)[C@H](CCc2ccc(C(F)(F)F)c(Cl)c2)NC(=O)[C@@H](C)N(C)C(=O)[C@H](CC2CCCCC2)N(C)C(=O)CN(C)C(=O)[C@@H]2CCN2C1=O. The number of rotatable bonds is 8. The number of nitrogens with zero attached hydrogens (tertiary/aromatic N) is 7. The van der Waals surface area contributed by atoms with Crippen LogP contribution in [-0.2, 0) is 65.3 Å². The summed E-state index contributed by atoms with van der Waals surface area (Å²) in [5, 5.41) is 10.9. The van der Waals surface area contributed by atoms with Crippen LogP contribution in [0, 0.1) is 17.8 Å². The average Bonchev–Trinajstić information content (AvgIpc) is 2.94. The van der Waals surface area contributed by atoms with E-state index in [1.165, 1.54) is 89.5 Å². The lowest BCUT2D eigenvalue weighted by molar-refractivity contribution is -0.157. The molecule has 3 heterocycles. The molecule has 11 amide bonds. The van der Waals surface area contributed by atoms with Gasteiger partial charge in [0.2, 0.25) is 65.0 Å². The van der Waals surface area contributed by atoms with Crippen molar-refractivity contribution in [2.45, 2.75) is 224 Å². The van der Waals surface area contributed by atoms with Gasteiger partial charge in [0, 0.05) is 60.8 Å². The van der Waals surface area contributed by atoms with Gasteiger partial charge in [-0.15, -0.1) is 0 Å². The molecule has 22 nitrogen and oxygen atoms in total. The van der Waals surface area contributed by atoms with Crippen molar-refractivity contribution in [2.24, 2.45) is 17.8 Å². The first kappa shape index (κ1) is 71.5. The van der Waals surface area contributed by atoms with Crippen LogP contribution in [0.4, 0.5) is 13.2 Å². The average molecular weight is 1270 g/mol. The van der Waals surface area contributed by atoms with Gasteiger partial charge in [-0.3, -0.25) is 52.7 Å². The van der Waals surface area contributed by atoms with Gasteiger partial charge in [0.25, 0.3) is 0 Å². The van der Waals surface area contributed by atoms with Crippen molar-refractivity contribution in [2.75, 3.05) is 54.9 Å². The molecule has 0 unspecified atom stereocenters. The second-order valence-electron chi connectivity index (χ2n) is 26.1. The number of hydrogen-bond donors (Lipinski definition) is 4. The Morgan fingerprint density at radius 2 is 1.26 bits per heavy atom. The zero-order chi connectivity index (χ0) is 66.1. The van der Waals surface area contributed by atoms with Gasteiger partial charge in [-0.2, -0.15) is 13.2 Å². The van der Waals surface area contributed by atoms with E-state index < -0.39 is 160 Å². The summed E-state index contributed by atoms with van der Waals surface area (Å²) in [5.41, 5.74) is -2.25. The first-order valence-electron chi connectivity index (χ1n) is 31.7. The molecule has 5 aliphatic rings. The fourth-order valence-corrected chi connectivity index (χ4v) is 13.5. The number of alkyl halides is 3. The van der Waals surface area contributed by atoms with Gasteiger partial charge in [-0.1, -0.05) is 96.7 Å². The van der Waals surface area contributed by atoms with Crippen molar-refractivity contribution >= 4 is 76.6 Å². The third-order valence-corrected chi connectivity index (χ3v) is 19.8. The number of hydrogen-bond acceptors (Lipinski definition) is 11. The molecule has 4 N–H and O–H groups in total. The van der Waals surface area contributed by atoms with E-state index in [0.29, 0.717) is 31.2 Å². The fourth-order valence-electron chi connectivity index (χ4n) is 13.2. The fraction of sp³-hybridized carbons (Fsp3) is 0.730. The van der Waals surface area contributed by atoms with Gasteiger partial charge in [-0.25, -0.2) is 0 Å². The van der Waals surface area contributed by atoms with Crippen LogP contribution in [0.2, 0.25) is 5.02 Å². The molecule has 496 valence electrons. The monoisotopic (exact) mass is 1270 g/mol. The predicted molar refractivity (Wildman–Crippen MR) is 326 cm³/mol. The normalized spacial score (nSPS) is 28.6. The number of halogens is 4. The third kappa shape index (κ3) is 16.9. The molecule has 1 aromatic carbocycles. The van der Waals surface area contributed by atoms with E-state index in [4.69, 9.17) is 11.6 Å². The maximum atomic E-state index is 15.1. The van der Waals surface area contributed by atoms with Crippen molar-refractivity contribution in [3.63, 3.8) is 0 Å². The number of aryl methyl sites for hydroxylation is 1. The molecule has 0 radical (unpaired) electrons. The minimum Gasteiger partial charge on any atom is -0.351 e. The molecule has 3 saturated heterocycles. The zero-order valence-corrected chi connectivity index (χ0v) is 54.7. The summed E-state index contributed by atoms with van der Waals surface area (Å²) in [7, 11) is 7.18. The molecule has 6 rings (SSSR count). The van der Waals surface area contributed by atoms with Gasteiger partial charge >= 0.3 is 6.18 Å². The number of nitrogens with one attached hydrogen (secondary N) is 4. The van der Waals surface area contributed by atoms with E-state index in [-0.39, 0.29) is 70.4 Å². The standard InChI is InChI=1S/C63H95ClF3N11O11/c1-13-37(4)51-60(88)78-31-27-47(78)58(86)72(8)35-50(80)75(11)48(34-41-20-15-14-16-21-41)59(87)74(10)40(7)53(81)69-45(26-24-42-23-25-43(44(64)33-42)63(65,66)67)57(85)77-30-19-22-46(77)55(83)71-62(28-17-18-29-62)61(89)76(12)52(36(2)3)56(84)68-38(5)32-49(79)73(9)39(6)54(82)70-51/h23,25,33,36-41,45-48,51-52H,13-22,24,26-32,34-35H2,1-12H3,(H,68,84)(H,69,81)(H,70,82)(H,71,83)/t37-,38+,39-,40+,45-,46-,47-,48-,51-,52-/m0/s1. The lowest BCUT2D eigenvalue weighted by atomic mass is 9.84. The lowest BCUT2D eigenvalue weighted by Crippen LogP contribution is -2.65. The quantitative estimate of drug-likeness (QED) is 0.278. The Kier molecular flexibility index (Phi) is 24.5. The van der Waals surface area contributed by atoms with Crippen LogP contribution < -0.4 is 21.3 Å². The highest BCUT2D eigenvalue weighted by atomic mass is 35.5. The van der Waals surface area contributed by atoms with Crippen molar-refractivity contribution < 1.29 is 65.9 Å². The summed E-state index contributed by atoms with van der Waals surface area (Å²) < 4.78 is 41.4. The molecule has 1 aromatic rings. The highest BCUT2D eigenvalue weighted by Crippen LogP contribution is 2.37. The first-order valence-corrected chi connectivity index (χ1v) is 32.1.